The van der Waals surface area contributed by atoms with Gasteiger partial charge in [-0.05, 0) is 26.8 Å². The molecular weight excluding hydrogens is 216 g/mol. The van der Waals surface area contributed by atoms with Gasteiger partial charge in [0.05, 0.1) is 12.8 Å². The second-order valence-corrected chi connectivity index (χ2v) is 4.53. The second-order valence-electron chi connectivity index (χ2n) is 4.53. The van der Waals surface area contributed by atoms with Crippen molar-refractivity contribution < 1.29 is 4.74 Å². The number of ether oxygens (including phenoxy) is 1. The molecule has 0 aliphatic carbocycles. The van der Waals surface area contributed by atoms with Gasteiger partial charge in [0, 0.05) is 24.6 Å². The maximum atomic E-state index is 5.37. The zero-order chi connectivity index (χ0) is 12.3. The zero-order valence-electron chi connectivity index (χ0n) is 10.7. The van der Waals surface area contributed by atoms with Crippen LogP contribution in [-0.4, -0.2) is 36.2 Å². The maximum Gasteiger partial charge on any atom is 0.226 e. The van der Waals surface area contributed by atoms with Gasteiger partial charge in [-0.15, -0.1) is 0 Å². The second kappa shape index (κ2) is 5.31. The summed E-state index contributed by atoms with van der Waals surface area (Å²) in [6.07, 6.45) is 1.86. The van der Waals surface area contributed by atoms with Gasteiger partial charge in [0.2, 0.25) is 11.8 Å². The number of nitrogens with one attached hydrogen (secondary N) is 2. The van der Waals surface area contributed by atoms with Crippen LogP contribution in [0.3, 0.4) is 0 Å². The van der Waals surface area contributed by atoms with Gasteiger partial charge in [0.15, 0.2) is 0 Å². The molecule has 1 aromatic heterocycles. The Hall–Kier alpha value is -1.36. The average Bonchev–Trinajstić information content (AvgIpc) is 2.52. The quantitative estimate of drug-likeness (QED) is 0.819. The van der Waals surface area contributed by atoms with E-state index in [0.29, 0.717) is 17.9 Å². The van der Waals surface area contributed by atoms with E-state index >= 15 is 0 Å². The highest BCUT2D eigenvalue weighted by atomic mass is 16.5. The molecule has 0 spiro atoms. The van der Waals surface area contributed by atoms with Gasteiger partial charge < -0.3 is 15.4 Å². The summed E-state index contributed by atoms with van der Waals surface area (Å²) in [4.78, 5) is 8.99. The summed E-state index contributed by atoms with van der Waals surface area (Å²) in [5.74, 6) is 1.37. The van der Waals surface area contributed by atoms with Crippen LogP contribution >= 0.6 is 0 Å². The van der Waals surface area contributed by atoms with E-state index in [2.05, 4.69) is 34.4 Å². The highest BCUT2D eigenvalue weighted by molar-refractivity contribution is 5.39. The lowest BCUT2D eigenvalue weighted by Crippen LogP contribution is -2.16. The average molecular weight is 236 g/mol. The maximum absolute atomic E-state index is 5.37. The van der Waals surface area contributed by atoms with Crippen molar-refractivity contribution in [2.75, 3.05) is 25.5 Å². The fraction of sp³-hybridized carbons (Fsp3) is 0.667. The number of rotatable bonds is 3. The number of aromatic nitrogens is 2. The number of hydrogen-bond acceptors (Lipinski definition) is 5. The molecule has 0 unspecified atom stereocenters. The van der Waals surface area contributed by atoms with Crippen molar-refractivity contribution in [3.05, 3.63) is 11.3 Å². The van der Waals surface area contributed by atoms with Crippen molar-refractivity contribution in [2.24, 2.45) is 0 Å². The summed E-state index contributed by atoms with van der Waals surface area (Å²) in [5, 5.41) is 6.59. The molecule has 94 valence electrons. The number of methoxy groups -OCH3 is 1. The van der Waals surface area contributed by atoms with Gasteiger partial charge in [0.25, 0.3) is 0 Å². The van der Waals surface area contributed by atoms with E-state index < -0.39 is 0 Å². The van der Waals surface area contributed by atoms with Gasteiger partial charge in [-0.1, -0.05) is 0 Å². The van der Waals surface area contributed by atoms with Gasteiger partial charge in [-0.25, -0.2) is 4.98 Å². The van der Waals surface area contributed by atoms with Crippen LogP contribution in [0.25, 0.3) is 0 Å². The predicted octanol–water partition coefficient (Wildman–Crippen LogP) is 0.994. The van der Waals surface area contributed by atoms with Crippen molar-refractivity contribution in [3.8, 4) is 5.88 Å². The number of hydrogen-bond donors (Lipinski definition) is 2. The third kappa shape index (κ3) is 2.85. The minimum Gasteiger partial charge on any atom is -0.481 e. The van der Waals surface area contributed by atoms with E-state index in [4.69, 9.17) is 4.74 Å². The van der Waals surface area contributed by atoms with E-state index in [1.54, 1.807) is 7.11 Å². The molecule has 1 aliphatic heterocycles. The molecular formula is C12H20N4O. The SMILES string of the molecule is COc1nc(NC(C)C)nc2c1CCNCC2. The van der Waals surface area contributed by atoms with Crippen LogP contribution in [0.2, 0.25) is 0 Å². The zero-order valence-corrected chi connectivity index (χ0v) is 10.7. The first-order valence-corrected chi connectivity index (χ1v) is 6.11. The fourth-order valence-corrected chi connectivity index (χ4v) is 2.00. The Morgan fingerprint density at radius 1 is 1.24 bits per heavy atom. The molecule has 0 bridgehead atoms. The van der Waals surface area contributed by atoms with Gasteiger partial charge in [-0.3, -0.25) is 0 Å². The molecule has 0 aromatic carbocycles. The molecule has 5 heteroatoms. The number of anilines is 1. The van der Waals surface area contributed by atoms with Crippen molar-refractivity contribution in [3.63, 3.8) is 0 Å². The van der Waals surface area contributed by atoms with Gasteiger partial charge in [0.1, 0.15) is 0 Å². The Kier molecular flexibility index (Phi) is 3.78. The van der Waals surface area contributed by atoms with E-state index in [-0.39, 0.29) is 0 Å². The lowest BCUT2D eigenvalue weighted by Gasteiger charge is -2.14. The minimum absolute atomic E-state index is 0.321. The first kappa shape index (κ1) is 12.1. The molecule has 0 saturated carbocycles. The molecule has 2 N–H and O–H groups in total. The Bertz CT molecular complexity index is 392. The van der Waals surface area contributed by atoms with Gasteiger partial charge >= 0.3 is 0 Å². The van der Waals surface area contributed by atoms with E-state index in [1.165, 1.54) is 0 Å². The third-order valence-electron chi connectivity index (χ3n) is 2.76. The predicted molar refractivity (Wildman–Crippen MR) is 67.6 cm³/mol. The summed E-state index contributed by atoms with van der Waals surface area (Å²) < 4.78 is 5.37. The lowest BCUT2D eigenvalue weighted by atomic mass is 10.1. The van der Waals surface area contributed by atoms with Crippen LogP contribution in [0.1, 0.15) is 25.1 Å². The Morgan fingerprint density at radius 3 is 2.71 bits per heavy atom. The molecule has 2 rings (SSSR count). The Balaban J connectivity index is 2.36. The van der Waals surface area contributed by atoms with Crippen LogP contribution in [0.15, 0.2) is 0 Å². The highest BCUT2D eigenvalue weighted by Crippen LogP contribution is 2.23. The molecule has 2 heterocycles. The molecule has 5 nitrogen and oxygen atoms in total. The van der Waals surface area contributed by atoms with Crippen LogP contribution < -0.4 is 15.4 Å². The van der Waals surface area contributed by atoms with Crippen molar-refractivity contribution in [1.82, 2.24) is 15.3 Å². The molecule has 0 amide bonds. The summed E-state index contributed by atoms with van der Waals surface area (Å²) in [5.41, 5.74) is 2.25. The lowest BCUT2D eigenvalue weighted by molar-refractivity contribution is 0.391. The monoisotopic (exact) mass is 236 g/mol. The van der Waals surface area contributed by atoms with Gasteiger partial charge in [-0.2, -0.15) is 4.98 Å². The molecule has 17 heavy (non-hydrogen) atoms. The van der Waals surface area contributed by atoms with Crippen LogP contribution in [0.4, 0.5) is 5.95 Å². The molecule has 0 saturated heterocycles. The molecule has 1 aromatic rings. The fourth-order valence-electron chi connectivity index (χ4n) is 2.00. The van der Waals surface area contributed by atoms with Crippen LogP contribution in [-0.2, 0) is 12.8 Å². The van der Waals surface area contributed by atoms with E-state index in [0.717, 1.165) is 37.2 Å². The van der Waals surface area contributed by atoms with Crippen molar-refractivity contribution in [2.45, 2.75) is 32.7 Å². The van der Waals surface area contributed by atoms with Crippen LogP contribution in [0, 0.1) is 0 Å². The first-order chi connectivity index (χ1) is 8.20. The third-order valence-corrected chi connectivity index (χ3v) is 2.76. The standard InChI is InChI=1S/C12H20N4O/c1-8(2)14-12-15-10-5-7-13-6-4-9(10)11(16-12)17-3/h8,13H,4-7H2,1-3H3,(H,14,15,16). The molecule has 0 fully saturated rings. The summed E-state index contributed by atoms with van der Waals surface area (Å²) in [6.45, 7) is 6.07. The molecule has 0 atom stereocenters. The van der Waals surface area contributed by atoms with E-state index in [1.807, 2.05) is 0 Å². The van der Waals surface area contributed by atoms with E-state index in [9.17, 15) is 0 Å². The van der Waals surface area contributed by atoms with Crippen molar-refractivity contribution in [1.29, 1.82) is 0 Å². The topological polar surface area (TPSA) is 59.1 Å². The summed E-state index contributed by atoms with van der Waals surface area (Å²) >= 11 is 0. The molecule has 1 aliphatic rings. The number of nitrogens with zero attached hydrogens (tertiary/aromatic N) is 2. The highest BCUT2D eigenvalue weighted by Gasteiger charge is 2.17. The molecule has 0 radical (unpaired) electrons. The largest absolute Gasteiger partial charge is 0.481 e. The summed E-state index contributed by atoms with van der Waals surface area (Å²) in [7, 11) is 1.67. The smallest absolute Gasteiger partial charge is 0.226 e. The normalized spacial score (nSPS) is 15.3. The Labute approximate surface area is 102 Å². The summed E-state index contributed by atoms with van der Waals surface area (Å²) in [6, 6.07) is 0.321. The number of fused-ring (bicyclic) bond motifs is 1. The van der Waals surface area contributed by atoms with Crippen LogP contribution in [0.5, 0.6) is 5.88 Å². The Morgan fingerprint density at radius 2 is 2.00 bits per heavy atom. The van der Waals surface area contributed by atoms with Crippen molar-refractivity contribution >= 4 is 5.95 Å². The first-order valence-electron chi connectivity index (χ1n) is 6.11. The minimum atomic E-state index is 0.321.